The number of carboxylic acids is 1. The van der Waals surface area contributed by atoms with Crippen LogP contribution in [0.2, 0.25) is 0 Å². The lowest BCUT2D eigenvalue weighted by molar-refractivity contribution is -0.870. The van der Waals surface area contributed by atoms with Crippen molar-refractivity contribution in [2.45, 2.75) is 347 Å². The molecule has 103 heavy (non-hydrogen) atoms. The summed E-state index contributed by atoms with van der Waals surface area (Å²) in [5.41, 5.74) is 0. The topological polar surface area (TPSA) is 111 Å². The van der Waals surface area contributed by atoms with Gasteiger partial charge in [-0.25, -0.2) is 0 Å². The average molecular weight is 1430 g/mol. The Kier molecular flexibility index (Phi) is 77.6. The van der Waals surface area contributed by atoms with Gasteiger partial charge in [0, 0.05) is 12.8 Å². The second-order valence-electron chi connectivity index (χ2n) is 28.7. The summed E-state index contributed by atoms with van der Waals surface area (Å²) < 4.78 is 22.9. The van der Waals surface area contributed by atoms with E-state index >= 15 is 0 Å². The van der Waals surface area contributed by atoms with E-state index in [-0.39, 0.29) is 38.6 Å². The van der Waals surface area contributed by atoms with Crippen LogP contribution >= 0.6 is 0 Å². The second-order valence-corrected chi connectivity index (χ2v) is 28.7. The van der Waals surface area contributed by atoms with E-state index in [0.717, 1.165) is 135 Å². The Morgan fingerprint density at radius 3 is 0.777 bits per heavy atom. The van der Waals surface area contributed by atoms with Gasteiger partial charge in [-0.2, -0.15) is 0 Å². The van der Waals surface area contributed by atoms with E-state index < -0.39 is 24.3 Å². The number of carbonyl (C=O) groups excluding carboxylic acids is 3. The molecule has 584 valence electrons. The molecule has 0 aliphatic rings. The van der Waals surface area contributed by atoms with Gasteiger partial charge >= 0.3 is 11.9 Å². The standard InChI is InChI=1S/C94H155NO8/c1-6-8-10-12-14-16-18-20-22-24-26-28-30-32-34-36-38-40-42-44-45-46-47-49-51-53-55-57-59-61-63-65-67-69-71-73-75-77-79-81-83-85-92(97)103-90(89-102-94(93(98)99)100-87-86-95(3,4)5)88-101-91(96)84-82-80-78-76-74-72-70-68-66-64-62-60-58-56-54-52-50-48-43-41-39-37-35-33-31-29-27-25-23-21-19-17-15-13-11-9-7-2/h8-11,14-17,20-23,26-29,32-35,38-41,44-45,47,49,53,55,90,94H,6-7,12-13,18-19,24-25,30-31,36-37,42-43,46,48,50-52,54,56-89H2,1-5H3/b10-8-,11-9-,16-14-,17-15-,22-20-,23-21-,28-26-,29-27-,34-32-,35-33-,40-38-,41-39-,45-44-,49-47-,55-53-. The summed E-state index contributed by atoms with van der Waals surface area (Å²) in [6.45, 7) is 4.53. The van der Waals surface area contributed by atoms with Crippen LogP contribution < -0.4 is 5.11 Å². The fourth-order valence-electron chi connectivity index (χ4n) is 11.4. The van der Waals surface area contributed by atoms with E-state index in [9.17, 15) is 19.5 Å². The van der Waals surface area contributed by atoms with Crippen molar-refractivity contribution >= 4 is 17.9 Å². The highest BCUT2D eigenvalue weighted by Gasteiger charge is 2.22. The third kappa shape index (κ3) is 83.5. The number of quaternary nitrogens is 1. The molecule has 0 rings (SSSR count). The molecule has 0 aliphatic heterocycles. The van der Waals surface area contributed by atoms with Crippen molar-refractivity contribution in [3.05, 3.63) is 182 Å². The Labute approximate surface area is 634 Å². The monoisotopic (exact) mass is 1430 g/mol. The molecule has 0 aromatic heterocycles. The SMILES string of the molecule is CC/C=C\C/C=C\C/C=C\C/C=C\C/C=C\C/C=C\C/C=C\C/C=C\C/C=C\CCCCCCCCCCCCCCCC(=O)OC(COC(=O)CCCCCCCCCCCCCCCCCCCC/C=C\C/C=C\C/C=C\C/C=C\C/C=C\C/C=C\CC)COC(OCC[N+](C)(C)C)C(=O)[O-]. The number of esters is 2. The molecule has 0 amide bonds. The lowest BCUT2D eigenvalue weighted by atomic mass is 10.0. The van der Waals surface area contributed by atoms with Crippen molar-refractivity contribution in [3.8, 4) is 0 Å². The molecule has 9 heteroatoms. The fraction of sp³-hybridized carbons (Fsp3) is 0.649. The van der Waals surface area contributed by atoms with E-state index in [4.69, 9.17) is 18.9 Å². The molecule has 0 saturated carbocycles. The molecule has 0 heterocycles. The molecule has 0 fully saturated rings. The first kappa shape index (κ1) is 97.4. The molecular weight excluding hydrogens is 1270 g/mol. The van der Waals surface area contributed by atoms with Gasteiger partial charge < -0.3 is 33.3 Å². The predicted octanol–water partition coefficient (Wildman–Crippen LogP) is 26.1. The number of ether oxygens (including phenoxy) is 4. The molecule has 0 bridgehead atoms. The first-order valence-electron chi connectivity index (χ1n) is 41.9. The summed E-state index contributed by atoms with van der Waals surface area (Å²) in [5.74, 6) is -2.28. The maximum Gasteiger partial charge on any atom is 0.306 e. The molecule has 0 aliphatic carbocycles. The zero-order valence-electron chi connectivity index (χ0n) is 66.9. The summed E-state index contributed by atoms with van der Waals surface area (Å²) in [5, 5.41) is 11.9. The molecule has 0 aromatic rings. The molecular formula is C94H155NO8. The highest BCUT2D eigenvalue weighted by atomic mass is 16.7. The smallest absolute Gasteiger partial charge is 0.306 e. The fourth-order valence-corrected chi connectivity index (χ4v) is 11.4. The third-order valence-corrected chi connectivity index (χ3v) is 17.6. The molecule has 0 saturated heterocycles. The molecule has 0 radical (unpaired) electrons. The summed E-state index contributed by atoms with van der Waals surface area (Å²) in [7, 11) is 5.94. The van der Waals surface area contributed by atoms with Crippen LogP contribution in [0.25, 0.3) is 0 Å². The zero-order valence-corrected chi connectivity index (χ0v) is 66.9. The number of unbranched alkanes of at least 4 members (excludes halogenated alkanes) is 31. The van der Waals surface area contributed by atoms with Gasteiger partial charge in [-0.3, -0.25) is 9.59 Å². The molecule has 0 aromatic carbocycles. The van der Waals surface area contributed by atoms with E-state index in [1.165, 1.54) is 167 Å². The minimum absolute atomic E-state index is 0.142. The number of aliphatic carboxylic acids is 1. The van der Waals surface area contributed by atoms with Gasteiger partial charge in [0.15, 0.2) is 12.4 Å². The van der Waals surface area contributed by atoms with Crippen LogP contribution in [0.15, 0.2) is 182 Å². The summed E-state index contributed by atoms with van der Waals surface area (Å²) >= 11 is 0. The van der Waals surface area contributed by atoms with E-state index in [1.807, 2.05) is 21.1 Å². The van der Waals surface area contributed by atoms with Gasteiger partial charge in [-0.1, -0.05) is 369 Å². The molecule has 0 N–H and O–H groups in total. The molecule has 0 spiro atoms. The van der Waals surface area contributed by atoms with E-state index in [2.05, 4.69) is 196 Å². The van der Waals surface area contributed by atoms with Crippen LogP contribution in [0.4, 0.5) is 0 Å². The molecule has 9 nitrogen and oxygen atoms in total. The van der Waals surface area contributed by atoms with Crippen molar-refractivity contribution < 1.29 is 42.9 Å². The summed E-state index contributed by atoms with van der Waals surface area (Å²) in [6.07, 6.45) is 122. The molecule has 2 atom stereocenters. The highest BCUT2D eigenvalue weighted by Crippen LogP contribution is 2.18. The third-order valence-electron chi connectivity index (χ3n) is 17.6. The average Bonchev–Trinajstić information content (AvgIpc) is 1.01. The molecule has 2 unspecified atom stereocenters. The highest BCUT2D eigenvalue weighted by molar-refractivity contribution is 5.70. The zero-order chi connectivity index (χ0) is 74.6. The number of hydrogen-bond acceptors (Lipinski definition) is 8. The Hall–Kier alpha value is -5.61. The van der Waals surface area contributed by atoms with Crippen molar-refractivity contribution in [2.75, 3.05) is 47.5 Å². The van der Waals surface area contributed by atoms with Gasteiger partial charge in [-0.05, 0) is 135 Å². The first-order valence-corrected chi connectivity index (χ1v) is 41.9. The minimum atomic E-state index is -1.63. The quantitative estimate of drug-likeness (QED) is 0.0195. The number of carboxylic acid groups (broad SMARTS) is 1. The van der Waals surface area contributed by atoms with E-state index in [0.29, 0.717) is 17.4 Å². The van der Waals surface area contributed by atoms with Crippen LogP contribution in [-0.2, 0) is 33.3 Å². The van der Waals surface area contributed by atoms with Gasteiger partial charge in [0.05, 0.1) is 40.3 Å². The normalized spacial score (nSPS) is 13.6. The van der Waals surface area contributed by atoms with Gasteiger partial charge in [0.1, 0.15) is 13.2 Å². The largest absolute Gasteiger partial charge is 0.545 e. The summed E-state index contributed by atoms with van der Waals surface area (Å²) in [6, 6.07) is 0. The van der Waals surface area contributed by atoms with Gasteiger partial charge in [-0.15, -0.1) is 0 Å². The number of carbonyl (C=O) groups is 3. The Morgan fingerprint density at radius 2 is 0.524 bits per heavy atom. The lowest BCUT2D eigenvalue weighted by Crippen LogP contribution is -2.44. The van der Waals surface area contributed by atoms with Crippen LogP contribution in [-0.4, -0.2) is 82.3 Å². The van der Waals surface area contributed by atoms with Crippen molar-refractivity contribution in [1.29, 1.82) is 0 Å². The van der Waals surface area contributed by atoms with Crippen molar-refractivity contribution in [2.24, 2.45) is 0 Å². The van der Waals surface area contributed by atoms with Gasteiger partial charge in [0.2, 0.25) is 0 Å². The number of allylic oxidation sites excluding steroid dienone is 30. The van der Waals surface area contributed by atoms with E-state index in [1.54, 1.807) is 0 Å². The number of nitrogens with zero attached hydrogens (tertiary/aromatic N) is 1. The maximum atomic E-state index is 13.0. The van der Waals surface area contributed by atoms with Crippen LogP contribution in [0.5, 0.6) is 0 Å². The summed E-state index contributed by atoms with van der Waals surface area (Å²) in [4.78, 5) is 37.7. The van der Waals surface area contributed by atoms with Crippen molar-refractivity contribution in [3.63, 3.8) is 0 Å². The lowest BCUT2D eigenvalue weighted by Gasteiger charge is -2.26. The van der Waals surface area contributed by atoms with Crippen LogP contribution in [0, 0.1) is 0 Å². The Morgan fingerprint density at radius 1 is 0.291 bits per heavy atom. The Bertz CT molecular complexity index is 2360. The second kappa shape index (κ2) is 82.1. The Balaban J connectivity index is 4.05. The first-order chi connectivity index (χ1) is 50.6. The number of likely N-dealkylation sites (N-methyl/N-ethyl adjacent to an activating group) is 1. The van der Waals surface area contributed by atoms with Crippen LogP contribution in [0.3, 0.4) is 0 Å². The number of rotatable bonds is 76. The van der Waals surface area contributed by atoms with Crippen molar-refractivity contribution in [1.82, 2.24) is 0 Å². The maximum absolute atomic E-state index is 13.0. The predicted molar refractivity (Wildman–Crippen MR) is 444 cm³/mol. The van der Waals surface area contributed by atoms with Crippen LogP contribution in [0.1, 0.15) is 335 Å². The van der Waals surface area contributed by atoms with Gasteiger partial charge in [0.25, 0.3) is 0 Å². The minimum Gasteiger partial charge on any atom is -0.545 e. The number of hydrogen-bond donors (Lipinski definition) is 0.